The lowest BCUT2D eigenvalue weighted by Gasteiger charge is -2.24. The minimum absolute atomic E-state index is 0.0449. The number of nitro groups is 1. The number of rotatable bonds is 7. The summed E-state index contributed by atoms with van der Waals surface area (Å²) in [4.78, 5) is 22.6. The van der Waals surface area contributed by atoms with Gasteiger partial charge in [-0.15, -0.1) is 0 Å². The number of aryl methyl sites for hydroxylation is 1. The van der Waals surface area contributed by atoms with Crippen molar-refractivity contribution >= 4 is 22.4 Å². The van der Waals surface area contributed by atoms with Crippen LogP contribution in [0.15, 0.2) is 54.6 Å². The standard InChI is InChI=1S/C25H25NO5/c27-24(28)13-10-17-14-22(20-12-11-18-6-4-5-7-19(18)16-20)25(23(15-17)26(29)30)31-21-8-2-1-3-9-21/h4-7,11-12,14-16,21H,1-3,8-10,13H2,(H,27,28). The zero-order chi connectivity index (χ0) is 21.8. The molecule has 0 saturated heterocycles. The Kier molecular flexibility index (Phi) is 6.16. The van der Waals surface area contributed by atoms with Crippen LogP contribution in [0.3, 0.4) is 0 Å². The highest BCUT2D eigenvalue weighted by atomic mass is 16.6. The van der Waals surface area contributed by atoms with E-state index >= 15 is 0 Å². The zero-order valence-electron chi connectivity index (χ0n) is 17.3. The summed E-state index contributed by atoms with van der Waals surface area (Å²) in [7, 11) is 0. The van der Waals surface area contributed by atoms with E-state index in [9.17, 15) is 14.9 Å². The lowest BCUT2D eigenvalue weighted by Crippen LogP contribution is -2.20. The summed E-state index contributed by atoms with van der Waals surface area (Å²) in [6.45, 7) is 0. The highest BCUT2D eigenvalue weighted by molar-refractivity contribution is 5.89. The first-order valence-corrected chi connectivity index (χ1v) is 10.7. The molecule has 0 aliphatic heterocycles. The first-order valence-electron chi connectivity index (χ1n) is 10.7. The molecule has 3 aromatic carbocycles. The molecule has 160 valence electrons. The van der Waals surface area contributed by atoms with Gasteiger partial charge < -0.3 is 9.84 Å². The van der Waals surface area contributed by atoms with E-state index in [1.54, 1.807) is 0 Å². The number of carboxylic acid groups (broad SMARTS) is 1. The van der Waals surface area contributed by atoms with Crippen molar-refractivity contribution in [2.24, 2.45) is 0 Å². The molecule has 0 amide bonds. The van der Waals surface area contributed by atoms with Gasteiger partial charge in [-0.05, 0) is 66.1 Å². The van der Waals surface area contributed by atoms with E-state index < -0.39 is 10.9 Å². The summed E-state index contributed by atoms with van der Waals surface area (Å²) in [6.07, 6.45) is 5.13. The van der Waals surface area contributed by atoms with Gasteiger partial charge in [0, 0.05) is 18.1 Å². The van der Waals surface area contributed by atoms with E-state index in [1.165, 1.54) is 6.07 Å². The fourth-order valence-corrected chi connectivity index (χ4v) is 4.25. The SMILES string of the molecule is O=C(O)CCc1cc(-c2ccc3ccccc3c2)c(OC2CCCCC2)c([N+](=O)[O-])c1. The van der Waals surface area contributed by atoms with Crippen LogP contribution < -0.4 is 4.74 Å². The average molecular weight is 419 g/mol. The molecule has 0 aromatic heterocycles. The molecule has 6 nitrogen and oxygen atoms in total. The van der Waals surface area contributed by atoms with E-state index in [1.807, 2.05) is 48.5 Å². The molecule has 1 saturated carbocycles. The Morgan fingerprint density at radius 3 is 2.48 bits per heavy atom. The fourth-order valence-electron chi connectivity index (χ4n) is 4.25. The Bertz CT molecular complexity index is 1120. The van der Waals surface area contributed by atoms with Gasteiger partial charge in [0.15, 0.2) is 0 Å². The largest absolute Gasteiger partial charge is 0.483 e. The highest BCUT2D eigenvalue weighted by Gasteiger charge is 2.26. The average Bonchev–Trinajstić information content (AvgIpc) is 2.78. The Hall–Kier alpha value is -3.41. The van der Waals surface area contributed by atoms with Crippen molar-refractivity contribution in [2.75, 3.05) is 0 Å². The van der Waals surface area contributed by atoms with Gasteiger partial charge in [-0.2, -0.15) is 0 Å². The number of benzene rings is 3. The van der Waals surface area contributed by atoms with Crippen LogP contribution in [0, 0.1) is 10.1 Å². The summed E-state index contributed by atoms with van der Waals surface area (Å²) < 4.78 is 6.27. The molecule has 0 bridgehead atoms. The number of nitrogens with zero attached hydrogens (tertiary/aromatic N) is 1. The first-order chi connectivity index (χ1) is 15.0. The first kappa shape index (κ1) is 20.8. The van der Waals surface area contributed by atoms with Crippen LogP contribution in [0.2, 0.25) is 0 Å². The molecular weight excluding hydrogens is 394 g/mol. The second-order valence-corrected chi connectivity index (χ2v) is 8.08. The van der Waals surface area contributed by atoms with Gasteiger partial charge >= 0.3 is 11.7 Å². The fraction of sp³-hybridized carbons (Fsp3) is 0.320. The minimum atomic E-state index is -0.933. The maximum atomic E-state index is 12.0. The van der Waals surface area contributed by atoms with Gasteiger partial charge in [0.25, 0.3) is 0 Å². The molecule has 0 radical (unpaired) electrons. The maximum Gasteiger partial charge on any atom is 0.311 e. The number of nitro benzene ring substituents is 1. The molecule has 1 aliphatic rings. The maximum absolute atomic E-state index is 12.0. The quantitative estimate of drug-likeness (QED) is 0.367. The summed E-state index contributed by atoms with van der Waals surface area (Å²) in [6, 6.07) is 17.2. The molecule has 4 rings (SSSR count). The summed E-state index contributed by atoms with van der Waals surface area (Å²) >= 11 is 0. The zero-order valence-corrected chi connectivity index (χ0v) is 17.3. The van der Waals surface area contributed by atoms with Crippen LogP contribution in [0.4, 0.5) is 5.69 Å². The van der Waals surface area contributed by atoms with Gasteiger partial charge in [0.05, 0.1) is 11.0 Å². The third kappa shape index (κ3) is 4.85. The number of hydrogen-bond donors (Lipinski definition) is 1. The number of ether oxygens (including phenoxy) is 1. The van der Waals surface area contributed by atoms with Crippen molar-refractivity contribution < 1.29 is 19.6 Å². The van der Waals surface area contributed by atoms with Crippen LogP contribution in [0.25, 0.3) is 21.9 Å². The molecule has 1 N–H and O–H groups in total. The number of carbonyl (C=O) groups is 1. The lowest BCUT2D eigenvalue weighted by atomic mass is 9.95. The van der Waals surface area contributed by atoms with Gasteiger partial charge in [-0.25, -0.2) is 0 Å². The third-order valence-electron chi connectivity index (χ3n) is 5.85. The Morgan fingerprint density at radius 2 is 1.77 bits per heavy atom. The molecule has 31 heavy (non-hydrogen) atoms. The number of carboxylic acids is 1. The van der Waals surface area contributed by atoms with Crippen molar-refractivity contribution in [3.8, 4) is 16.9 Å². The number of aliphatic carboxylic acids is 1. The second kappa shape index (κ2) is 9.16. The molecular formula is C25H25NO5. The smallest absolute Gasteiger partial charge is 0.311 e. The van der Waals surface area contributed by atoms with Gasteiger partial charge in [-0.3, -0.25) is 14.9 Å². The third-order valence-corrected chi connectivity index (χ3v) is 5.85. The van der Waals surface area contributed by atoms with Crippen LogP contribution >= 0.6 is 0 Å². The Labute approximate surface area is 180 Å². The summed E-state index contributed by atoms with van der Waals surface area (Å²) in [5, 5.41) is 23.1. The van der Waals surface area contributed by atoms with Crippen LogP contribution in [0.1, 0.15) is 44.1 Å². The molecule has 0 heterocycles. The van der Waals surface area contributed by atoms with Crippen molar-refractivity contribution in [3.63, 3.8) is 0 Å². The van der Waals surface area contributed by atoms with Crippen LogP contribution in [0.5, 0.6) is 5.75 Å². The Morgan fingerprint density at radius 1 is 1.03 bits per heavy atom. The van der Waals surface area contributed by atoms with E-state index in [-0.39, 0.29) is 30.4 Å². The second-order valence-electron chi connectivity index (χ2n) is 8.08. The molecule has 0 spiro atoms. The van der Waals surface area contributed by atoms with E-state index in [4.69, 9.17) is 9.84 Å². The summed E-state index contributed by atoms with van der Waals surface area (Å²) in [5.74, 6) is -0.649. The molecule has 0 atom stereocenters. The molecule has 3 aromatic rings. The van der Waals surface area contributed by atoms with Gasteiger partial charge in [0.2, 0.25) is 5.75 Å². The van der Waals surface area contributed by atoms with Crippen LogP contribution in [-0.4, -0.2) is 22.1 Å². The van der Waals surface area contributed by atoms with Gasteiger partial charge in [-0.1, -0.05) is 42.8 Å². The Balaban J connectivity index is 1.84. The molecule has 1 fully saturated rings. The highest BCUT2D eigenvalue weighted by Crippen LogP contribution is 2.42. The lowest BCUT2D eigenvalue weighted by molar-refractivity contribution is -0.386. The number of hydrogen-bond acceptors (Lipinski definition) is 4. The van der Waals surface area contributed by atoms with Crippen LogP contribution in [-0.2, 0) is 11.2 Å². The minimum Gasteiger partial charge on any atom is -0.483 e. The predicted molar refractivity (Wildman–Crippen MR) is 119 cm³/mol. The van der Waals surface area contributed by atoms with Crippen molar-refractivity contribution in [3.05, 3.63) is 70.3 Å². The van der Waals surface area contributed by atoms with Crippen molar-refractivity contribution in [1.29, 1.82) is 0 Å². The van der Waals surface area contributed by atoms with Crippen molar-refractivity contribution in [1.82, 2.24) is 0 Å². The number of fused-ring (bicyclic) bond motifs is 1. The van der Waals surface area contributed by atoms with Gasteiger partial charge in [0.1, 0.15) is 0 Å². The van der Waals surface area contributed by atoms with Crippen molar-refractivity contribution in [2.45, 2.75) is 51.0 Å². The van der Waals surface area contributed by atoms with E-state index in [0.29, 0.717) is 11.1 Å². The normalized spacial score (nSPS) is 14.5. The van der Waals surface area contributed by atoms with E-state index in [2.05, 4.69) is 0 Å². The topological polar surface area (TPSA) is 89.7 Å². The predicted octanol–water partition coefficient (Wildman–Crippen LogP) is 6.14. The van der Waals surface area contributed by atoms with E-state index in [0.717, 1.165) is 48.4 Å². The molecule has 0 unspecified atom stereocenters. The molecule has 1 aliphatic carbocycles. The molecule has 6 heteroatoms. The monoisotopic (exact) mass is 419 g/mol. The summed E-state index contributed by atoms with van der Waals surface area (Å²) in [5.41, 5.74) is 1.99.